The minimum atomic E-state index is 0.721. The van der Waals surface area contributed by atoms with Gasteiger partial charge in [-0.3, -0.25) is 0 Å². The minimum absolute atomic E-state index is 0.721. The van der Waals surface area contributed by atoms with Crippen LogP contribution in [0.3, 0.4) is 0 Å². The number of hydrogen-bond acceptors (Lipinski definition) is 0. The first kappa shape index (κ1) is 7.11. The molecule has 0 bridgehead atoms. The average Bonchev–Trinajstić information content (AvgIpc) is 1.83. The lowest BCUT2D eigenvalue weighted by Gasteiger charge is -2.31. The smallest absolute Gasteiger partial charge is 0.0363 e. The van der Waals surface area contributed by atoms with Gasteiger partial charge in [-0.15, -0.1) is 0 Å². The molecule has 0 aromatic heterocycles. The van der Waals surface area contributed by atoms with Gasteiger partial charge in [-0.2, -0.15) is 0 Å². The van der Waals surface area contributed by atoms with Gasteiger partial charge in [-0.25, -0.2) is 0 Å². The van der Waals surface area contributed by atoms with Gasteiger partial charge in [0.2, 0.25) is 0 Å². The van der Waals surface area contributed by atoms with Crippen molar-refractivity contribution in [1.29, 1.82) is 0 Å². The van der Waals surface area contributed by atoms with Gasteiger partial charge in [-0.1, -0.05) is 33.1 Å². The Labute approximate surface area is 58.7 Å². The van der Waals surface area contributed by atoms with Crippen molar-refractivity contribution in [3.05, 3.63) is 6.92 Å². The Morgan fingerprint density at radius 3 is 1.89 bits per heavy atom. The Bertz CT molecular complexity index is 76.0. The zero-order valence-corrected chi connectivity index (χ0v) is 6.56. The summed E-state index contributed by atoms with van der Waals surface area (Å²) in [6, 6.07) is 0. The van der Waals surface area contributed by atoms with Crippen LogP contribution in [0.1, 0.15) is 33.1 Å². The van der Waals surface area contributed by atoms with E-state index in [-0.39, 0.29) is 0 Å². The Morgan fingerprint density at radius 2 is 1.56 bits per heavy atom. The number of rotatable bonds is 0. The SMILES string of the molecule is [CH2]C1C(C)CCCC1C. The molecule has 0 aromatic carbocycles. The van der Waals surface area contributed by atoms with Crippen LogP contribution in [0.25, 0.3) is 0 Å². The molecule has 53 valence electrons. The summed E-state index contributed by atoms with van der Waals surface area (Å²) in [5, 5.41) is 0. The van der Waals surface area contributed by atoms with Crippen LogP contribution >= 0.6 is 0 Å². The summed E-state index contributed by atoms with van der Waals surface area (Å²) in [6.45, 7) is 8.81. The predicted octanol–water partition coefficient (Wildman–Crippen LogP) is 2.89. The van der Waals surface area contributed by atoms with Gasteiger partial charge in [0.15, 0.2) is 0 Å². The third-order valence-electron chi connectivity index (χ3n) is 2.78. The van der Waals surface area contributed by atoms with Crippen molar-refractivity contribution in [2.24, 2.45) is 17.8 Å². The molecule has 1 aliphatic carbocycles. The van der Waals surface area contributed by atoms with E-state index in [1.165, 1.54) is 19.3 Å². The van der Waals surface area contributed by atoms with E-state index in [0.717, 1.165) is 17.8 Å². The Morgan fingerprint density at radius 1 is 1.11 bits per heavy atom. The zero-order valence-electron chi connectivity index (χ0n) is 6.56. The van der Waals surface area contributed by atoms with Crippen molar-refractivity contribution in [3.63, 3.8) is 0 Å². The van der Waals surface area contributed by atoms with E-state index < -0.39 is 0 Å². The van der Waals surface area contributed by atoms with Crippen LogP contribution in [0.15, 0.2) is 0 Å². The maximum Gasteiger partial charge on any atom is -0.0363 e. The predicted molar refractivity (Wildman–Crippen MR) is 41.0 cm³/mol. The summed E-state index contributed by atoms with van der Waals surface area (Å²) in [7, 11) is 0. The summed E-state index contributed by atoms with van der Waals surface area (Å²) in [5.41, 5.74) is 0. The molecule has 0 heteroatoms. The first-order valence-corrected chi connectivity index (χ1v) is 4.05. The molecule has 1 aliphatic rings. The summed E-state index contributed by atoms with van der Waals surface area (Å²) < 4.78 is 0. The molecule has 1 fully saturated rings. The summed E-state index contributed by atoms with van der Waals surface area (Å²) in [5.74, 6) is 2.46. The molecule has 1 radical (unpaired) electrons. The van der Waals surface area contributed by atoms with E-state index in [4.69, 9.17) is 0 Å². The fourth-order valence-corrected chi connectivity index (χ4v) is 1.75. The van der Waals surface area contributed by atoms with Crippen molar-refractivity contribution in [3.8, 4) is 0 Å². The van der Waals surface area contributed by atoms with E-state index in [0.29, 0.717) is 0 Å². The van der Waals surface area contributed by atoms with Crippen LogP contribution in [0, 0.1) is 24.7 Å². The van der Waals surface area contributed by atoms with Gasteiger partial charge in [0.1, 0.15) is 0 Å². The molecule has 0 spiro atoms. The first-order valence-electron chi connectivity index (χ1n) is 4.05. The highest BCUT2D eigenvalue weighted by Crippen LogP contribution is 2.33. The average molecular weight is 125 g/mol. The molecule has 0 aromatic rings. The van der Waals surface area contributed by atoms with Gasteiger partial charge in [0.05, 0.1) is 0 Å². The van der Waals surface area contributed by atoms with E-state index in [1.807, 2.05) is 0 Å². The Kier molecular flexibility index (Phi) is 2.15. The second-order valence-electron chi connectivity index (χ2n) is 3.55. The van der Waals surface area contributed by atoms with Gasteiger partial charge in [0.25, 0.3) is 0 Å². The van der Waals surface area contributed by atoms with Crippen LogP contribution in [0.5, 0.6) is 0 Å². The van der Waals surface area contributed by atoms with Crippen LogP contribution in [0.2, 0.25) is 0 Å². The van der Waals surface area contributed by atoms with Crippen molar-refractivity contribution < 1.29 is 0 Å². The highest BCUT2D eigenvalue weighted by Gasteiger charge is 2.22. The molecule has 0 saturated heterocycles. The van der Waals surface area contributed by atoms with Crippen molar-refractivity contribution in [1.82, 2.24) is 0 Å². The lowest BCUT2D eigenvalue weighted by Crippen LogP contribution is -2.21. The highest BCUT2D eigenvalue weighted by molar-refractivity contribution is 4.78. The molecular formula is C9H17. The van der Waals surface area contributed by atoms with Crippen molar-refractivity contribution in [2.45, 2.75) is 33.1 Å². The maximum atomic E-state index is 4.16. The molecule has 1 rings (SSSR count). The topological polar surface area (TPSA) is 0 Å². The molecule has 2 atom stereocenters. The van der Waals surface area contributed by atoms with Gasteiger partial charge in [-0.05, 0) is 24.7 Å². The molecule has 0 heterocycles. The highest BCUT2D eigenvalue weighted by atomic mass is 14.3. The second-order valence-corrected chi connectivity index (χ2v) is 3.55. The molecule has 9 heavy (non-hydrogen) atoms. The van der Waals surface area contributed by atoms with Crippen molar-refractivity contribution in [2.75, 3.05) is 0 Å². The van der Waals surface area contributed by atoms with Crippen LogP contribution in [0.4, 0.5) is 0 Å². The monoisotopic (exact) mass is 125 g/mol. The normalized spacial score (nSPS) is 45.0. The standard InChI is InChI=1S/C9H17/c1-7-5-4-6-8(2)9(7)3/h7-9H,3-6H2,1-2H3. The molecule has 0 N–H and O–H groups in total. The van der Waals surface area contributed by atoms with Crippen LogP contribution in [-0.2, 0) is 0 Å². The van der Waals surface area contributed by atoms with Crippen LogP contribution in [-0.4, -0.2) is 0 Å². The lowest BCUT2D eigenvalue weighted by atomic mass is 9.75. The maximum absolute atomic E-state index is 4.16. The summed E-state index contributed by atoms with van der Waals surface area (Å²) in [4.78, 5) is 0. The fourth-order valence-electron chi connectivity index (χ4n) is 1.75. The van der Waals surface area contributed by atoms with Gasteiger partial charge < -0.3 is 0 Å². The second kappa shape index (κ2) is 2.72. The fraction of sp³-hybridized carbons (Fsp3) is 0.889. The largest absolute Gasteiger partial charge is 0.0622 e. The summed E-state index contributed by atoms with van der Waals surface area (Å²) >= 11 is 0. The van der Waals surface area contributed by atoms with E-state index >= 15 is 0 Å². The van der Waals surface area contributed by atoms with Crippen molar-refractivity contribution >= 4 is 0 Å². The molecule has 2 unspecified atom stereocenters. The zero-order chi connectivity index (χ0) is 6.85. The Balaban J connectivity index is 2.41. The van der Waals surface area contributed by atoms with Crippen LogP contribution < -0.4 is 0 Å². The molecular weight excluding hydrogens is 108 g/mol. The van der Waals surface area contributed by atoms with Gasteiger partial charge in [0, 0.05) is 0 Å². The van der Waals surface area contributed by atoms with Gasteiger partial charge >= 0.3 is 0 Å². The molecule has 0 aliphatic heterocycles. The van der Waals surface area contributed by atoms with E-state index in [1.54, 1.807) is 0 Å². The molecule has 0 amide bonds. The quantitative estimate of drug-likeness (QED) is 0.467. The molecule has 1 saturated carbocycles. The lowest BCUT2D eigenvalue weighted by molar-refractivity contribution is 0.222. The minimum Gasteiger partial charge on any atom is -0.0622 e. The van der Waals surface area contributed by atoms with E-state index in [2.05, 4.69) is 20.8 Å². The number of hydrogen-bond donors (Lipinski definition) is 0. The Hall–Kier alpha value is 0. The van der Waals surface area contributed by atoms with E-state index in [9.17, 15) is 0 Å². The molecule has 0 nitrogen and oxygen atoms in total. The first-order chi connectivity index (χ1) is 4.22. The summed E-state index contributed by atoms with van der Waals surface area (Å²) in [6.07, 6.45) is 4.23. The third-order valence-corrected chi connectivity index (χ3v) is 2.78. The third kappa shape index (κ3) is 1.47.